The summed E-state index contributed by atoms with van der Waals surface area (Å²) in [6.45, 7) is 15.3. The Morgan fingerprint density at radius 3 is 1.56 bits per heavy atom. The fourth-order valence-electron chi connectivity index (χ4n) is 1.55. The van der Waals surface area contributed by atoms with Gasteiger partial charge in [-0.3, -0.25) is 0 Å². The van der Waals surface area contributed by atoms with Crippen molar-refractivity contribution in [3.63, 3.8) is 0 Å². The summed E-state index contributed by atoms with van der Waals surface area (Å²) >= 11 is 0. The molecule has 2 fully saturated rings. The molecule has 0 spiro atoms. The fraction of sp³-hybridized carbons (Fsp3) is 0.600. The largest absolute Gasteiger partial charge is 0.617 e. The second kappa shape index (κ2) is 3.31. The maximum absolute atomic E-state index is 5.79. The molecule has 86 valence electrons. The Bertz CT molecular complexity index is 319. The molecule has 0 aromatic carbocycles. The summed E-state index contributed by atoms with van der Waals surface area (Å²) in [7, 11) is -1.16. The van der Waals surface area contributed by atoms with Crippen LogP contribution in [0.25, 0.3) is 0 Å². The number of hydrogen-bond acceptors (Lipinski definition) is 4. The van der Waals surface area contributed by atoms with Gasteiger partial charge in [-0.2, -0.15) is 0 Å². The van der Waals surface area contributed by atoms with Crippen molar-refractivity contribution in [2.24, 2.45) is 0 Å². The Morgan fingerprint density at radius 2 is 1.19 bits per heavy atom. The quantitative estimate of drug-likeness (QED) is 0.632. The highest BCUT2D eigenvalue weighted by atomic mass is 16.7. The van der Waals surface area contributed by atoms with E-state index in [1.54, 1.807) is 0 Å². The predicted molar refractivity (Wildman–Crippen MR) is 62.3 cm³/mol. The first kappa shape index (κ1) is 11.6. The van der Waals surface area contributed by atoms with Crippen molar-refractivity contribution in [3.8, 4) is 0 Å². The highest BCUT2D eigenvalue weighted by Crippen LogP contribution is 2.39. The average Bonchev–Trinajstić information content (AvgIpc) is 2.54. The molecule has 2 rings (SSSR count). The summed E-state index contributed by atoms with van der Waals surface area (Å²) in [4.78, 5) is 0. The van der Waals surface area contributed by atoms with E-state index >= 15 is 0 Å². The minimum atomic E-state index is -0.610. The zero-order chi connectivity index (χ0) is 12.1. The summed E-state index contributed by atoms with van der Waals surface area (Å²) in [6.07, 6.45) is 0. The van der Waals surface area contributed by atoms with Crippen molar-refractivity contribution in [2.45, 2.75) is 38.9 Å². The van der Waals surface area contributed by atoms with Crippen LogP contribution in [0.1, 0.15) is 27.7 Å². The van der Waals surface area contributed by atoms with E-state index in [0.717, 1.165) is 0 Å². The SMILES string of the molecule is C=C1OB(B2OC(C)(C)C(C)(C)O2)OC1=C. The molecule has 2 saturated heterocycles. The van der Waals surface area contributed by atoms with Gasteiger partial charge in [-0.1, -0.05) is 13.2 Å². The summed E-state index contributed by atoms with van der Waals surface area (Å²) in [5.41, 5.74) is -0.786. The molecule has 0 unspecified atom stereocenters. The Morgan fingerprint density at radius 1 is 0.812 bits per heavy atom. The van der Waals surface area contributed by atoms with Crippen LogP contribution in [0.2, 0.25) is 0 Å². The van der Waals surface area contributed by atoms with E-state index < -0.39 is 25.2 Å². The van der Waals surface area contributed by atoms with Crippen LogP contribution in [0.3, 0.4) is 0 Å². The van der Waals surface area contributed by atoms with Gasteiger partial charge in [0.05, 0.1) is 11.2 Å². The number of rotatable bonds is 1. The lowest BCUT2D eigenvalue weighted by Gasteiger charge is -2.32. The molecular weight excluding hydrogens is 206 g/mol. The molecule has 2 aliphatic heterocycles. The number of hydrogen-bond donors (Lipinski definition) is 0. The van der Waals surface area contributed by atoms with Gasteiger partial charge in [0.15, 0.2) is 0 Å². The van der Waals surface area contributed by atoms with Crippen LogP contribution in [0.5, 0.6) is 0 Å². The van der Waals surface area contributed by atoms with Gasteiger partial charge in [-0.15, -0.1) is 0 Å². The van der Waals surface area contributed by atoms with E-state index in [4.69, 9.17) is 18.6 Å². The summed E-state index contributed by atoms with van der Waals surface area (Å²) < 4.78 is 22.3. The van der Waals surface area contributed by atoms with E-state index in [2.05, 4.69) is 13.2 Å². The van der Waals surface area contributed by atoms with Gasteiger partial charge in [0.1, 0.15) is 11.5 Å². The zero-order valence-electron chi connectivity index (χ0n) is 10.2. The molecule has 4 nitrogen and oxygen atoms in total. The maximum Gasteiger partial charge on any atom is 0.617 e. The second-order valence-electron chi connectivity index (χ2n) is 5.08. The molecule has 0 bridgehead atoms. The van der Waals surface area contributed by atoms with Crippen molar-refractivity contribution in [3.05, 3.63) is 24.7 Å². The van der Waals surface area contributed by atoms with Crippen molar-refractivity contribution >= 4 is 14.0 Å². The minimum absolute atomic E-state index is 0.393. The lowest BCUT2D eigenvalue weighted by molar-refractivity contribution is 0.00578. The lowest BCUT2D eigenvalue weighted by atomic mass is 9.49. The first-order valence-corrected chi connectivity index (χ1v) is 5.30. The summed E-state index contributed by atoms with van der Waals surface area (Å²) in [5, 5.41) is 0. The molecule has 0 saturated carbocycles. The summed E-state index contributed by atoms with van der Waals surface area (Å²) in [6, 6.07) is 0. The lowest BCUT2D eigenvalue weighted by Crippen LogP contribution is -2.41. The predicted octanol–water partition coefficient (Wildman–Crippen LogP) is 1.72. The smallest absolute Gasteiger partial charge is 0.526 e. The van der Waals surface area contributed by atoms with E-state index in [-0.39, 0.29) is 0 Å². The van der Waals surface area contributed by atoms with Gasteiger partial charge >= 0.3 is 14.0 Å². The molecular formula is C10H16B2O4. The van der Waals surface area contributed by atoms with Crippen LogP contribution in [0.4, 0.5) is 0 Å². The average molecular weight is 222 g/mol. The maximum atomic E-state index is 5.79. The fourth-order valence-corrected chi connectivity index (χ4v) is 1.55. The molecule has 6 heteroatoms. The Hall–Kier alpha value is -0.870. The first-order chi connectivity index (χ1) is 7.23. The highest BCUT2D eigenvalue weighted by Gasteiger charge is 2.61. The van der Waals surface area contributed by atoms with Crippen LogP contribution in [0.15, 0.2) is 24.7 Å². The van der Waals surface area contributed by atoms with E-state index in [0.29, 0.717) is 11.5 Å². The van der Waals surface area contributed by atoms with E-state index in [1.807, 2.05) is 27.7 Å². The molecule has 2 heterocycles. The molecule has 0 aliphatic carbocycles. The molecule has 16 heavy (non-hydrogen) atoms. The van der Waals surface area contributed by atoms with Gasteiger partial charge in [-0.05, 0) is 27.7 Å². The van der Waals surface area contributed by atoms with Gasteiger partial charge in [-0.25, -0.2) is 0 Å². The second-order valence-corrected chi connectivity index (χ2v) is 5.08. The molecule has 0 aromatic rings. The van der Waals surface area contributed by atoms with E-state index in [9.17, 15) is 0 Å². The van der Waals surface area contributed by atoms with Crippen LogP contribution in [-0.4, -0.2) is 25.2 Å². The van der Waals surface area contributed by atoms with Crippen molar-refractivity contribution < 1.29 is 18.6 Å². The van der Waals surface area contributed by atoms with Crippen molar-refractivity contribution in [1.29, 1.82) is 0 Å². The van der Waals surface area contributed by atoms with Crippen molar-refractivity contribution in [2.75, 3.05) is 0 Å². The highest BCUT2D eigenvalue weighted by molar-refractivity contribution is 7.11. The van der Waals surface area contributed by atoms with Gasteiger partial charge in [0.2, 0.25) is 0 Å². The Kier molecular flexibility index (Phi) is 2.40. The molecule has 0 radical (unpaired) electrons. The standard InChI is InChI=1S/C10H16B2O4/c1-7-8(2)14-11(13-7)12-15-9(3,4)10(5,6)16-12/h1-2H2,3-6H3. The van der Waals surface area contributed by atoms with E-state index in [1.165, 1.54) is 0 Å². The third-order valence-electron chi connectivity index (χ3n) is 3.32. The van der Waals surface area contributed by atoms with Gasteiger partial charge < -0.3 is 18.6 Å². The third-order valence-corrected chi connectivity index (χ3v) is 3.32. The van der Waals surface area contributed by atoms with Gasteiger partial charge in [0.25, 0.3) is 0 Å². The third kappa shape index (κ3) is 1.66. The monoisotopic (exact) mass is 222 g/mol. The van der Waals surface area contributed by atoms with Crippen LogP contribution in [-0.2, 0) is 18.6 Å². The van der Waals surface area contributed by atoms with Gasteiger partial charge in [0, 0.05) is 0 Å². The molecule has 0 amide bonds. The molecule has 0 N–H and O–H groups in total. The minimum Gasteiger partial charge on any atom is -0.526 e. The normalized spacial score (nSPS) is 27.0. The first-order valence-electron chi connectivity index (χ1n) is 5.30. The Labute approximate surface area is 96.9 Å². The topological polar surface area (TPSA) is 36.9 Å². The summed E-state index contributed by atoms with van der Waals surface area (Å²) in [5.74, 6) is 0.861. The zero-order valence-corrected chi connectivity index (χ0v) is 10.2. The molecule has 0 aromatic heterocycles. The Balaban J connectivity index is 2.10. The van der Waals surface area contributed by atoms with Crippen LogP contribution in [0, 0.1) is 0 Å². The van der Waals surface area contributed by atoms with Crippen LogP contribution >= 0.6 is 0 Å². The van der Waals surface area contributed by atoms with Crippen LogP contribution < -0.4 is 0 Å². The molecule has 0 atom stereocenters. The van der Waals surface area contributed by atoms with Crippen molar-refractivity contribution in [1.82, 2.24) is 0 Å². The molecule has 2 aliphatic rings.